The molecule has 114 valence electrons. The summed E-state index contributed by atoms with van der Waals surface area (Å²) in [6, 6.07) is 2.71. The molecule has 4 rings (SSSR count). The lowest BCUT2D eigenvalue weighted by Crippen LogP contribution is -2.23. The Kier molecular flexibility index (Phi) is 2.84. The third-order valence-electron chi connectivity index (χ3n) is 3.07. The molecule has 0 amide bonds. The molecule has 1 aromatic carbocycles. The first-order valence-electron chi connectivity index (χ1n) is 6.14. The van der Waals surface area contributed by atoms with Crippen molar-refractivity contribution in [1.82, 2.24) is 25.1 Å². The van der Waals surface area contributed by atoms with Crippen molar-refractivity contribution < 1.29 is 14.5 Å². The number of rotatable bonds is 3. The van der Waals surface area contributed by atoms with E-state index in [1.165, 1.54) is 36.5 Å². The van der Waals surface area contributed by atoms with Crippen LogP contribution in [0.2, 0.25) is 0 Å². The normalized spacial score (nSPS) is 11.3. The van der Waals surface area contributed by atoms with E-state index in [2.05, 4.69) is 29.7 Å². The van der Waals surface area contributed by atoms with Crippen LogP contribution in [0.1, 0.15) is 0 Å². The molecule has 0 unspecified atom stereocenters. The number of aromatic amines is 1. The zero-order valence-electron chi connectivity index (χ0n) is 11.0. The van der Waals surface area contributed by atoms with Crippen molar-refractivity contribution in [3.05, 3.63) is 40.1 Å². The van der Waals surface area contributed by atoms with Crippen LogP contribution in [-0.2, 0) is 0 Å². The highest BCUT2D eigenvalue weighted by Crippen LogP contribution is 2.36. The summed E-state index contributed by atoms with van der Waals surface area (Å²) in [5.41, 5.74) is 0.567. The van der Waals surface area contributed by atoms with E-state index in [1.807, 2.05) is 0 Å². The van der Waals surface area contributed by atoms with Crippen molar-refractivity contribution in [3.8, 4) is 0 Å². The van der Waals surface area contributed by atoms with Crippen LogP contribution in [0.5, 0.6) is 0 Å². The van der Waals surface area contributed by atoms with Crippen LogP contribution in [-0.4, -0.2) is 30.0 Å². The van der Waals surface area contributed by atoms with Gasteiger partial charge in [0.1, 0.15) is 16.9 Å². The summed E-state index contributed by atoms with van der Waals surface area (Å²) in [6.07, 6.45) is 2.83. The molecule has 0 radical (unpaired) electrons. The van der Waals surface area contributed by atoms with Gasteiger partial charge < -0.3 is 10.2 Å². The maximum absolute atomic E-state index is 11.6. The van der Waals surface area contributed by atoms with Crippen LogP contribution in [0.4, 0.5) is 5.69 Å². The summed E-state index contributed by atoms with van der Waals surface area (Å²) in [4.78, 5) is 25.9. The molecule has 3 aromatic heterocycles. The van der Waals surface area contributed by atoms with Crippen molar-refractivity contribution >= 4 is 39.6 Å². The van der Waals surface area contributed by atoms with E-state index in [4.69, 9.17) is 0 Å². The zero-order chi connectivity index (χ0) is 16.0. The van der Waals surface area contributed by atoms with Gasteiger partial charge in [-0.25, -0.2) is 15.0 Å². The molecule has 0 saturated heterocycles. The second-order valence-corrected chi connectivity index (χ2v) is 5.38. The number of fused-ring (bicyclic) bond motifs is 2. The summed E-state index contributed by atoms with van der Waals surface area (Å²) in [5.74, 6) is 0. The monoisotopic (exact) mass is 331 g/mol. The fourth-order valence-corrected chi connectivity index (χ4v) is 3.02. The number of nitro benzene ring substituents is 1. The Morgan fingerprint density at radius 2 is 2.17 bits per heavy atom. The van der Waals surface area contributed by atoms with Gasteiger partial charge in [0.05, 0.1) is 16.1 Å². The van der Waals surface area contributed by atoms with Crippen LogP contribution in [0, 0.1) is 15.3 Å². The van der Waals surface area contributed by atoms with Crippen molar-refractivity contribution in [3.63, 3.8) is 0 Å². The number of imidazole rings is 1. The SMILES string of the molecule is O=[N+]([O-])c1ccc(Sc2ncnc3nc[nH]c23)c2no[n+]([O-])c12. The smallest absolute Gasteiger partial charge is 0.324 e. The van der Waals surface area contributed by atoms with Crippen molar-refractivity contribution in [2.75, 3.05) is 0 Å². The van der Waals surface area contributed by atoms with E-state index in [1.54, 1.807) is 0 Å². The first kappa shape index (κ1) is 13.4. The Balaban J connectivity index is 1.89. The van der Waals surface area contributed by atoms with E-state index in [0.717, 1.165) is 0 Å². The second-order valence-electron chi connectivity index (χ2n) is 4.35. The van der Waals surface area contributed by atoms with Gasteiger partial charge in [0.15, 0.2) is 5.65 Å². The van der Waals surface area contributed by atoms with Crippen LogP contribution >= 0.6 is 11.8 Å². The summed E-state index contributed by atoms with van der Waals surface area (Å²) >= 11 is 1.17. The maximum Gasteiger partial charge on any atom is 0.324 e. The molecule has 4 aromatic rings. The molecule has 23 heavy (non-hydrogen) atoms. The van der Waals surface area contributed by atoms with E-state index in [0.29, 0.717) is 21.1 Å². The highest BCUT2D eigenvalue weighted by Gasteiger charge is 2.27. The van der Waals surface area contributed by atoms with Crippen LogP contribution in [0.3, 0.4) is 0 Å². The van der Waals surface area contributed by atoms with Gasteiger partial charge in [0.25, 0.3) is 5.52 Å². The largest absolute Gasteiger partial charge is 0.359 e. The number of non-ortho nitro benzene ring substituents is 1. The number of H-pyrrole nitrogens is 1. The molecule has 0 aliphatic rings. The molecule has 0 aliphatic carbocycles. The van der Waals surface area contributed by atoms with Gasteiger partial charge in [-0.15, -0.1) is 0 Å². The molecule has 0 saturated carbocycles. The number of benzene rings is 1. The van der Waals surface area contributed by atoms with Gasteiger partial charge in [-0.05, 0) is 11.0 Å². The standard InChI is InChI=1S/C11H5N7O4S/c19-17(20)5-1-2-6(7-9(5)18(21)22-16-7)23-11-8-10(13-3-12-8)14-4-15-11/h1-4H,(H,12,13,14,15). The van der Waals surface area contributed by atoms with Crippen molar-refractivity contribution in [2.24, 2.45) is 0 Å². The average Bonchev–Trinajstić information content (AvgIpc) is 3.15. The fourth-order valence-electron chi connectivity index (χ4n) is 2.09. The van der Waals surface area contributed by atoms with Crippen LogP contribution in [0.15, 0.2) is 39.3 Å². The maximum atomic E-state index is 11.6. The number of nitrogens with one attached hydrogen (secondary N) is 1. The summed E-state index contributed by atoms with van der Waals surface area (Å²) in [7, 11) is 0. The van der Waals surface area contributed by atoms with Gasteiger partial charge in [-0.1, -0.05) is 11.8 Å². The van der Waals surface area contributed by atoms with Gasteiger partial charge >= 0.3 is 11.2 Å². The lowest BCUT2D eigenvalue weighted by Gasteiger charge is -2.00. The number of hydrogen-bond acceptors (Lipinski definition) is 9. The molecule has 1 N–H and O–H groups in total. The quantitative estimate of drug-likeness (QED) is 0.252. The molecule has 0 bridgehead atoms. The third-order valence-corrected chi connectivity index (χ3v) is 4.13. The zero-order valence-corrected chi connectivity index (χ0v) is 11.9. The Morgan fingerprint density at radius 3 is 3.00 bits per heavy atom. The van der Waals surface area contributed by atoms with Gasteiger partial charge in [-0.2, -0.15) is 0 Å². The summed E-state index contributed by atoms with van der Waals surface area (Å²) in [6.45, 7) is 0. The van der Waals surface area contributed by atoms with E-state index >= 15 is 0 Å². The highest BCUT2D eigenvalue weighted by molar-refractivity contribution is 7.99. The van der Waals surface area contributed by atoms with Gasteiger partial charge in [0.2, 0.25) is 0 Å². The molecule has 0 fully saturated rings. The minimum absolute atomic E-state index is 0.0172. The molecule has 3 heterocycles. The second kappa shape index (κ2) is 4.88. The minimum Gasteiger partial charge on any atom is -0.359 e. The number of aromatic nitrogens is 6. The number of nitro groups is 1. The van der Waals surface area contributed by atoms with Gasteiger partial charge in [0, 0.05) is 11.2 Å². The lowest BCUT2D eigenvalue weighted by atomic mass is 10.3. The molecule has 0 atom stereocenters. The summed E-state index contributed by atoms with van der Waals surface area (Å²) in [5, 5.41) is 26.8. The molecule has 0 aliphatic heterocycles. The van der Waals surface area contributed by atoms with E-state index < -0.39 is 4.92 Å². The number of hydrogen-bond donors (Lipinski definition) is 1. The predicted octanol–water partition coefficient (Wildman–Crippen LogP) is 1.19. The van der Waals surface area contributed by atoms with Crippen LogP contribution < -0.4 is 4.90 Å². The van der Waals surface area contributed by atoms with E-state index in [9.17, 15) is 15.3 Å². The Bertz CT molecular complexity index is 1060. The van der Waals surface area contributed by atoms with Crippen molar-refractivity contribution in [1.29, 1.82) is 0 Å². The summed E-state index contributed by atoms with van der Waals surface area (Å²) < 4.78 is 4.50. The Hall–Kier alpha value is -3.28. The lowest BCUT2D eigenvalue weighted by molar-refractivity contribution is -0.783. The average molecular weight is 331 g/mol. The number of nitrogens with zero attached hydrogens (tertiary/aromatic N) is 6. The Labute approximate surface area is 130 Å². The minimum atomic E-state index is -0.667. The molecular weight excluding hydrogens is 326 g/mol. The first-order valence-corrected chi connectivity index (χ1v) is 6.95. The third kappa shape index (κ3) is 2.03. The fraction of sp³-hybridized carbons (Fsp3) is 0. The molecule has 12 heteroatoms. The Morgan fingerprint density at radius 1 is 1.30 bits per heavy atom. The molecule has 11 nitrogen and oxygen atoms in total. The topological polar surface area (TPSA) is 151 Å². The van der Waals surface area contributed by atoms with Crippen LogP contribution in [0.25, 0.3) is 22.2 Å². The predicted molar refractivity (Wildman–Crippen MR) is 75.4 cm³/mol. The molecular formula is C11H5N7O4S. The van der Waals surface area contributed by atoms with E-state index in [-0.39, 0.29) is 21.6 Å². The first-order chi connectivity index (χ1) is 11.1. The highest BCUT2D eigenvalue weighted by atomic mass is 32.2. The van der Waals surface area contributed by atoms with Crippen molar-refractivity contribution in [2.45, 2.75) is 9.92 Å². The molecule has 0 spiro atoms. The van der Waals surface area contributed by atoms with Gasteiger partial charge in [-0.3, -0.25) is 14.7 Å².